The van der Waals surface area contributed by atoms with E-state index in [9.17, 15) is 13.2 Å². The fourth-order valence-electron chi connectivity index (χ4n) is 3.05. The van der Waals surface area contributed by atoms with Crippen molar-refractivity contribution in [1.82, 2.24) is 4.90 Å². The predicted octanol–water partition coefficient (Wildman–Crippen LogP) is 3.98. The molecule has 1 heterocycles. The van der Waals surface area contributed by atoms with Gasteiger partial charge in [0.05, 0.1) is 24.2 Å². The minimum Gasteiger partial charge on any atom is -0.495 e. The van der Waals surface area contributed by atoms with Crippen LogP contribution in [0.1, 0.15) is 27.4 Å². The first kappa shape index (κ1) is 21.4. The second-order valence-electron chi connectivity index (χ2n) is 6.96. The average molecular weight is 429 g/mol. The minimum atomic E-state index is -3.93. The number of hydrogen-bond acceptors (Lipinski definition) is 5. The van der Waals surface area contributed by atoms with Gasteiger partial charge in [0.25, 0.3) is 15.9 Å². The molecule has 0 bridgehead atoms. The largest absolute Gasteiger partial charge is 0.495 e. The standard InChI is InChI=1S/C22H24N2O5S/c1-15-9-11-17(22(25)24(3)14-18-12-10-16(2)29-18)13-21(15)30(26,27)23-19-7-5-6-8-20(19)28-4/h5-13,23H,14H2,1-4H3. The Hall–Kier alpha value is -3.26. The van der Waals surface area contributed by atoms with Gasteiger partial charge in [-0.3, -0.25) is 9.52 Å². The number of rotatable bonds is 7. The van der Waals surface area contributed by atoms with Crippen molar-refractivity contribution in [2.24, 2.45) is 0 Å². The molecule has 0 fully saturated rings. The van der Waals surface area contributed by atoms with E-state index < -0.39 is 10.0 Å². The number of aryl methyl sites for hydroxylation is 2. The van der Waals surface area contributed by atoms with Crippen LogP contribution in [0.15, 0.2) is 63.9 Å². The molecule has 3 rings (SSSR count). The highest BCUT2D eigenvalue weighted by molar-refractivity contribution is 7.92. The molecule has 1 amide bonds. The van der Waals surface area contributed by atoms with Gasteiger partial charge in [-0.1, -0.05) is 18.2 Å². The van der Waals surface area contributed by atoms with Crippen molar-refractivity contribution >= 4 is 21.6 Å². The fourth-order valence-corrected chi connectivity index (χ4v) is 4.39. The summed E-state index contributed by atoms with van der Waals surface area (Å²) < 4.78 is 39.3. The van der Waals surface area contributed by atoms with Crippen LogP contribution in [0, 0.1) is 13.8 Å². The molecule has 2 aromatic carbocycles. The van der Waals surface area contributed by atoms with Gasteiger partial charge in [-0.2, -0.15) is 0 Å². The number of sulfonamides is 1. The number of hydrogen-bond donors (Lipinski definition) is 1. The Morgan fingerprint density at radius 3 is 2.50 bits per heavy atom. The van der Waals surface area contributed by atoms with Crippen LogP contribution in [0.2, 0.25) is 0 Å². The number of carbonyl (C=O) groups is 1. The number of ether oxygens (including phenoxy) is 1. The monoisotopic (exact) mass is 428 g/mol. The number of nitrogens with one attached hydrogen (secondary N) is 1. The van der Waals surface area contributed by atoms with Crippen LogP contribution in [0.25, 0.3) is 0 Å². The topological polar surface area (TPSA) is 88.8 Å². The molecule has 3 aromatic rings. The van der Waals surface area contributed by atoms with Crippen LogP contribution in [0.4, 0.5) is 5.69 Å². The summed E-state index contributed by atoms with van der Waals surface area (Å²) in [6.07, 6.45) is 0. The van der Waals surface area contributed by atoms with Crippen LogP contribution >= 0.6 is 0 Å². The lowest BCUT2D eigenvalue weighted by Gasteiger charge is -2.18. The maximum absolute atomic E-state index is 13.0. The fraction of sp³-hybridized carbons (Fsp3) is 0.227. The molecule has 158 valence electrons. The Morgan fingerprint density at radius 1 is 1.10 bits per heavy atom. The van der Waals surface area contributed by atoms with E-state index in [0.717, 1.165) is 5.76 Å². The van der Waals surface area contributed by atoms with Crippen molar-refractivity contribution in [3.63, 3.8) is 0 Å². The van der Waals surface area contributed by atoms with E-state index in [0.29, 0.717) is 22.8 Å². The van der Waals surface area contributed by atoms with Gasteiger partial charge < -0.3 is 14.1 Å². The van der Waals surface area contributed by atoms with Gasteiger partial charge in [-0.05, 0) is 55.8 Å². The summed E-state index contributed by atoms with van der Waals surface area (Å²) >= 11 is 0. The van der Waals surface area contributed by atoms with Gasteiger partial charge >= 0.3 is 0 Å². The summed E-state index contributed by atoms with van der Waals surface area (Å²) in [5.74, 6) is 1.51. The second kappa shape index (κ2) is 8.62. The highest BCUT2D eigenvalue weighted by Gasteiger charge is 2.22. The number of anilines is 1. The molecule has 0 aliphatic carbocycles. The Morgan fingerprint density at radius 2 is 1.83 bits per heavy atom. The first-order valence-electron chi connectivity index (χ1n) is 9.28. The molecule has 7 nitrogen and oxygen atoms in total. The van der Waals surface area contributed by atoms with Crippen molar-refractivity contribution in [3.8, 4) is 5.75 Å². The van der Waals surface area contributed by atoms with Crippen molar-refractivity contribution in [1.29, 1.82) is 0 Å². The molecule has 0 aliphatic rings. The number of carbonyl (C=O) groups excluding carboxylic acids is 1. The van der Waals surface area contributed by atoms with Crippen LogP contribution in [-0.4, -0.2) is 33.4 Å². The maximum Gasteiger partial charge on any atom is 0.262 e. The molecule has 0 spiro atoms. The van der Waals surface area contributed by atoms with E-state index in [1.807, 2.05) is 13.0 Å². The molecule has 30 heavy (non-hydrogen) atoms. The summed E-state index contributed by atoms with van der Waals surface area (Å²) in [5.41, 5.74) is 1.12. The molecular formula is C22H24N2O5S. The Labute approximate surface area is 176 Å². The summed E-state index contributed by atoms with van der Waals surface area (Å²) in [4.78, 5) is 14.4. The number of benzene rings is 2. The highest BCUT2D eigenvalue weighted by Crippen LogP contribution is 2.27. The lowest BCUT2D eigenvalue weighted by molar-refractivity contribution is 0.0774. The number of methoxy groups -OCH3 is 1. The van der Waals surface area contributed by atoms with E-state index in [2.05, 4.69) is 4.72 Å². The average Bonchev–Trinajstić information content (AvgIpc) is 3.12. The quantitative estimate of drug-likeness (QED) is 0.615. The third kappa shape index (κ3) is 4.65. The van der Waals surface area contributed by atoms with E-state index in [1.54, 1.807) is 56.4 Å². The molecule has 0 unspecified atom stereocenters. The summed E-state index contributed by atoms with van der Waals surface area (Å²) in [5, 5.41) is 0. The van der Waals surface area contributed by atoms with E-state index in [4.69, 9.17) is 9.15 Å². The lowest BCUT2D eigenvalue weighted by Crippen LogP contribution is -2.26. The maximum atomic E-state index is 13.0. The molecule has 1 N–H and O–H groups in total. The summed E-state index contributed by atoms with van der Waals surface area (Å²) in [6.45, 7) is 3.79. The minimum absolute atomic E-state index is 0.0292. The molecule has 0 atom stereocenters. The number of amides is 1. The van der Waals surface area contributed by atoms with Crippen molar-refractivity contribution in [2.45, 2.75) is 25.3 Å². The van der Waals surface area contributed by atoms with Crippen molar-refractivity contribution in [2.75, 3.05) is 18.9 Å². The molecule has 0 radical (unpaired) electrons. The third-order valence-corrected chi connectivity index (χ3v) is 6.12. The highest BCUT2D eigenvalue weighted by atomic mass is 32.2. The normalized spacial score (nSPS) is 11.2. The van der Waals surface area contributed by atoms with Gasteiger partial charge in [0.2, 0.25) is 0 Å². The molecular weight excluding hydrogens is 404 g/mol. The van der Waals surface area contributed by atoms with Gasteiger partial charge in [0.15, 0.2) is 0 Å². The summed E-state index contributed by atoms with van der Waals surface area (Å²) in [6, 6.07) is 15.0. The Bertz CT molecular complexity index is 1170. The van der Waals surface area contributed by atoms with Gasteiger partial charge in [-0.15, -0.1) is 0 Å². The van der Waals surface area contributed by atoms with Crippen molar-refractivity contribution < 1.29 is 22.4 Å². The molecule has 8 heteroatoms. The van der Waals surface area contributed by atoms with Crippen LogP contribution in [-0.2, 0) is 16.6 Å². The Balaban J connectivity index is 1.87. The van der Waals surface area contributed by atoms with E-state index >= 15 is 0 Å². The van der Waals surface area contributed by atoms with Crippen LogP contribution in [0.5, 0.6) is 5.75 Å². The smallest absolute Gasteiger partial charge is 0.262 e. The zero-order chi connectivity index (χ0) is 21.9. The zero-order valence-corrected chi connectivity index (χ0v) is 18.1. The van der Waals surface area contributed by atoms with Crippen LogP contribution in [0.3, 0.4) is 0 Å². The molecule has 0 saturated heterocycles. The van der Waals surface area contributed by atoms with Crippen LogP contribution < -0.4 is 9.46 Å². The lowest BCUT2D eigenvalue weighted by atomic mass is 10.1. The van der Waals surface area contributed by atoms with Crippen molar-refractivity contribution in [3.05, 3.63) is 77.2 Å². The van der Waals surface area contributed by atoms with Gasteiger partial charge in [0.1, 0.15) is 17.3 Å². The van der Waals surface area contributed by atoms with E-state index in [1.165, 1.54) is 18.1 Å². The SMILES string of the molecule is COc1ccccc1NS(=O)(=O)c1cc(C(=O)N(C)Cc2ccc(C)o2)ccc1C. The third-order valence-electron chi connectivity index (χ3n) is 4.61. The molecule has 1 aromatic heterocycles. The number of para-hydroxylation sites is 2. The summed E-state index contributed by atoms with van der Waals surface area (Å²) in [7, 11) is -0.827. The zero-order valence-electron chi connectivity index (χ0n) is 17.3. The predicted molar refractivity (Wildman–Crippen MR) is 114 cm³/mol. The molecule has 0 saturated carbocycles. The number of nitrogens with zero attached hydrogens (tertiary/aromatic N) is 1. The first-order valence-corrected chi connectivity index (χ1v) is 10.8. The molecule has 0 aliphatic heterocycles. The second-order valence-corrected chi connectivity index (χ2v) is 8.61. The first-order chi connectivity index (χ1) is 14.2. The Kier molecular flexibility index (Phi) is 6.17. The number of furan rings is 1. The van der Waals surface area contributed by atoms with Gasteiger partial charge in [0, 0.05) is 12.6 Å². The van der Waals surface area contributed by atoms with E-state index in [-0.39, 0.29) is 22.9 Å². The van der Waals surface area contributed by atoms with Gasteiger partial charge in [-0.25, -0.2) is 8.42 Å².